The number of hydrogen-bond donors (Lipinski definition) is 2. The van der Waals surface area contributed by atoms with E-state index in [0.29, 0.717) is 18.6 Å². The third-order valence-corrected chi connectivity index (χ3v) is 6.26. The molecule has 1 aromatic heterocycles. The molecule has 2 amide bonds. The van der Waals surface area contributed by atoms with Crippen molar-refractivity contribution in [1.82, 2.24) is 10.6 Å². The van der Waals surface area contributed by atoms with E-state index in [9.17, 15) is 18.8 Å². The Labute approximate surface area is 211 Å². The Morgan fingerprint density at radius 2 is 1.86 bits per heavy atom. The highest BCUT2D eigenvalue weighted by molar-refractivity contribution is 7.99. The van der Waals surface area contributed by atoms with Gasteiger partial charge in [0.05, 0.1) is 23.8 Å². The molecule has 0 spiro atoms. The van der Waals surface area contributed by atoms with E-state index in [0.717, 1.165) is 18.6 Å². The molecule has 2 N–H and O–H groups in total. The van der Waals surface area contributed by atoms with E-state index in [2.05, 4.69) is 10.6 Å². The molecule has 8 heteroatoms. The molecule has 0 bridgehead atoms. The fraction of sp³-hybridized carbons (Fsp3) is 0.444. The lowest BCUT2D eigenvalue weighted by molar-refractivity contribution is -0.130. The van der Waals surface area contributed by atoms with E-state index in [-0.39, 0.29) is 23.0 Å². The third kappa shape index (κ3) is 10.5. The predicted octanol–water partition coefficient (Wildman–Crippen LogP) is 5.14. The third-order valence-electron chi connectivity index (χ3n) is 5.28. The molecule has 2 aromatic rings. The highest BCUT2D eigenvalue weighted by Crippen LogP contribution is 2.15. The van der Waals surface area contributed by atoms with Gasteiger partial charge in [-0.1, -0.05) is 51.8 Å². The van der Waals surface area contributed by atoms with Crippen molar-refractivity contribution < 1.29 is 23.2 Å². The van der Waals surface area contributed by atoms with Crippen LogP contribution in [-0.4, -0.2) is 35.4 Å². The maximum Gasteiger partial charge on any atom is 0.244 e. The van der Waals surface area contributed by atoms with Gasteiger partial charge in [0, 0.05) is 11.6 Å². The topological polar surface area (TPSA) is 88.4 Å². The van der Waals surface area contributed by atoms with Crippen molar-refractivity contribution in [1.29, 1.82) is 0 Å². The van der Waals surface area contributed by atoms with Gasteiger partial charge < -0.3 is 15.1 Å². The quantitative estimate of drug-likeness (QED) is 0.329. The van der Waals surface area contributed by atoms with Crippen molar-refractivity contribution >= 4 is 35.4 Å². The standard InChI is InChI=1S/C27H35FN2O4S/c1-4-5-12-23(25(31)18-35-17-21-10-8-15-34-21)30-27(33)24(16-19(2)3)29-26(32)14-13-20-9-6-7-11-22(20)28/h6-11,13-15,19,23-24H,4-5,12,16-18H2,1-3H3,(H,29,32)(H,30,33)/t23-,24-/m0/s1. The molecule has 1 heterocycles. The van der Waals surface area contributed by atoms with E-state index >= 15 is 0 Å². The van der Waals surface area contributed by atoms with Crippen LogP contribution in [-0.2, 0) is 20.1 Å². The van der Waals surface area contributed by atoms with Crippen LogP contribution >= 0.6 is 11.8 Å². The lowest BCUT2D eigenvalue weighted by atomic mass is 10.0. The fourth-order valence-electron chi connectivity index (χ4n) is 3.44. The molecule has 0 aliphatic rings. The smallest absolute Gasteiger partial charge is 0.244 e. The zero-order valence-corrected chi connectivity index (χ0v) is 21.4. The summed E-state index contributed by atoms with van der Waals surface area (Å²) in [4.78, 5) is 38.5. The summed E-state index contributed by atoms with van der Waals surface area (Å²) in [6.07, 6.45) is 6.82. The zero-order valence-electron chi connectivity index (χ0n) is 20.6. The van der Waals surface area contributed by atoms with Gasteiger partial charge in [0.1, 0.15) is 17.6 Å². The first-order chi connectivity index (χ1) is 16.8. The number of Topliss-reactive ketones (excluding diaryl/α,β-unsaturated/α-hetero) is 1. The Hall–Kier alpha value is -2.87. The van der Waals surface area contributed by atoms with Crippen LogP contribution in [0.25, 0.3) is 6.08 Å². The van der Waals surface area contributed by atoms with Crippen molar-refractivity contribution in [3.05, 3.63) is 65.9 Å². The largest absolute Gasteiger partial charge is 0.468 e. The number of unbranched alkanes of at least 4 members (excludes halogenated alkanes) is 1. The summed E-state index contributed by atoms with van der Waals surface area (Å²) in [7, 11) is 0. The number of thioether (sulfide) groups is 1. The van der Waals surface area contributed by atoms with Gasteiger partial charge in [0.25, 0.3) is 0 Å². The van der Waals surface area contributed by atoms with Crippen molar-refractivity contribution in [2.75, 3.05) is 5.75 Å². The normalized spacial score (nSPS) is 13.1. The molecular formula is C27H35FN2O4S. The second-order valence-corrected chi connectivity index (χ2v) is 9.77. The molecule has 0 radical (unpaired) electrons. The van der Waals surface area contributed by atoms with Gasteiger partial charge in [-0.2, -0.15) is 0 Å². The van der Waals surface area contributed by atoms with Crippen LogP contribution in [0, 0.1) is 11.7 Å². The summed E-state index contributed by atoms with van der Waals surface area (Å²) in [5, 5.41) is 5.58. The van der Waals surface area contributed by atoms with Crippen LogP contribution < -0.4 is 10.6 Å². The van der Waals surface area contributed by atoms with Gasteiger partial charge in [-0.05, 0) is 43.0 Å². The number of nitrogens with one attached hydrogen (secondary N) is 2. The minimum atomic E-state index is -0.805. The summed E-state index contributed by atoms with van der Waals surface area (Å²) >= 11 is 1.44. The number of hydrogen-bond acceptors (Lipinski definition) is 5. The van der Waals surface area contributed by atoms with Crippen molar-refractivity contribution in [3.8, 4) is 0 Å². The van der Waals surface area contributed by atoms with Crippen LogP contribution in [0.4, 0.5) is 4.39 Å². The second-order valence-electron chi connectivity index (χ2n) is 8.79. The molecular weight excluding hydrogens is 467 g/mol. The number of amides is 2. The van der Waals surface area contributed by atoms with Crippen LogP contribution in [0.1, 0.15) is 57.8 Å². The number of rotatable bonds is 15. The Morgan fingerprint density at radius 1 is 1.09 bits per heavy atom. The Kier molecular flexibility index (Phi) is 12.3. The van der Waals surface area contributed by atoms with Gasteiger partial charge in [0.2, 0.25) is 11.8 Å². The van der Waals surface area contributed by atoms with Crippen molar-refractivity contribution in [3.63, 3.8) is 0 Å². The molecule has 0 aliphatic heterocycles. The monoisotopic (exact) mass is 502 g/mol. The maximum atomic E-state index is 13.8. The SMILES string of the molecule is CCCC[C@H](NC(=O)[C@H](CC(C)C)NC(=O)C=Cc1ccccc1F)C(=O)CSCc1ccco1. The molecule has 0 fully saturated rings. The van der Waals surface area contributed by atoms with Gasteiger partial charge in [-0.3, -0.25) is 14.4 Å². The summed E-state index contributed by atoms with van der Waals surface area (Å²) in [5.41, 5.74) is 0.282. The molecule has 0 saturated heterocycles. The highest BCUT2D eigenvalue weighted by Gasteiger charge is 2.26. The number of furan rings is 1. The van der Waals surface area contributed by atoms with E-state index in [4.69, 9.17) is 4.42 Å². The minimum absolute atomic E-state index is 0.0579. The predicted molar refractivity (Wildman–Crippen MR) is 138 cm³/mol. The molecule has 0 aliphatic carbocycles. The van der Waals surface area contributed by atoms with Gasteiger partial charge in [0.15, 0.2) is 5.78 Å². The van der Waals surface area contributed by atoms with Crippen LogP contribution in [0.15, 0.2) is 53.2 Å². The van der Waals surface area contributed by atoms with Crippen LogP contribution in [0.2, 0.25) is 0 Å². The molecule has 1 aromatic carbocycles. The lowest BCUT2D eigenvalue weighted by Gasteiger charge is -2.23. The molecule has 2 atom stereocenters. The van der Waals surface area contributed by atoms with E-state index < -0.39 is 29.7 Å². The number of carbonyl (C=O) groups is 3. The molecule has 2 rings (SSSR count). The first-order valence-corrected chi connectivity index (χ1v) is 13.1. The van der Waals surface area contributed by atoms with Crippen LogP contribution in [0.3, 0.4) is 0 Å². The Bertz CT molecular complexity index is 975. The molecule has 35 heavy (non-hydrogen) atoms. The number of carbonyl (C=O) groups excluding carboxylic acids is 3. The lowest BCUT2D eigenvalue weighted by Crippen LogP contribution is -2.52. The minimum Gasteiger partial charge on any atom is -0.468 e. The van der Waals surface area contributed by atoms with E-state index in [1.165, 1.54) is 30.0 Å². The number of halogens is 1. The first-order valence-electron chi connectivity index (χ1n) is 12.0. The van der Waals surface area contributed by atoms with Crippen molar-refractivity contribution in [2.45, 2.75) is 64.3 Å². The molecule has 6 nitrogen and oxygen atoms in total. The molecule has 0 unspecified atom stereocenters. The summed E-state index contributed by atoms with van der Waals surface area (Å²) in [5.74, 6) is 0.370. The van der Waals surface area contributed by atoms with Gasteiger partial charge >= 0.3 is 0 Å². The van der Waals surface area contributed by atoms with Gasteiger partial charge in [-0.15, -0.1) is 11.8 Å². The van der Waals surface area contributed by atoms with Gasteiger partial charge in [-0.25, -0.2) is 4.39 Å². The molecule has 0 saturated carbocycles. The summed E-state index contributed by atoms with van der Waals surface area (Å²) in [6.45, 7) is 5.93. The highest BCUT2D eigenvalue weighted by atomic mass is 32.2. The Morgan fingerprint density at radius 3 is 2.51 bits per heavy atom. The molecule has 190 valence electrons. The number of ketones is 1. The average Bonchev–Trinajstić information content (AvgIpc) is 3.34. The summed E-state index contributed by atoms with van der Waals surface area (Å²) in [6, 6.07) is 8.35. The average molecular weight is 503 g/mol. The van der Waals surface area contributed by atoms with Crippen LogP contribution in [0.5, 0.6) is 0 Å². The zero-order chi connectivity index (χ0) is 25.6. The van der Waals surface area contributed by atoms with E-state index in [1.54, 1.807) is 30.5 Å². The number of benzene rings is 1. The Balaban J connectivity index is 2.00. The van der Waals surface area contributed by atoms with Crippen molar-refractivity contribution in [2.24, 2.45) is 5.92 Å². The first kappa shape index (κ1) is 28.4. The second kappa shape index (κ2) is 15.2. The van der Waals surface area contributed by atoms with E-state index in [1.807, 2.05) is 26.8 Å². The fourth-order valence-corrected chi connectivity index (χ4v) is 4.31. The summed E-state index contributed by atoms with van der Waals surface area (Å²) < 4.78 is 19.1. The maximum absolute atomic E-state index is 13.8.